The second kappa shape index (κ2) is 4.30. The first-order valence-corrected chi connectivity index (χ1v) is 5.53. The van der Waals surface area contributed by atoms with Crippen molar-refractivity contribution in [3.63, 3.8) is 0 Å². The normalized spacial score (nSPS) is 29.9. The van der Waals surface area contributed by atoms with Crippen molar-refractivity contribution >= 4 is 12.1 Å². The molecule has 15 heavy (non-hydrogen) atoms. The number of aldehydes is 1. The maximum absolute atomic E-state index is 11.4. The molecule has 2 unspecified atom stereocenters. The minimum Gasteiger partial charge on any atom is -0.303 e. The van der Waals surface area contributed by atoms with Gasteiger partial charge < -0.3 is 4.79 Å². The quantitative estimate of drug-likeness (QED) is 0.528. The Kier molecular flexibility index (Phi) is 3.48. The smallest absolute Gasteiger partial charge is 0.136 e. The molecule has 1 saturated carbocycles. The lowest BCUT2D eigenvalue weighted by Crippen LogP contribution is -2.36. The molecule has 2 nitrogen and oxygen atoms in total. The van der Waals surface area contributed by atoms with Crippen molar-refractivity contribution < 1.29 is 9.59 Å². The summed E-state index contributed by atoms with van der Waals surface area (Å²) in [6.45, 7) is 9.96. The van der Waals surface area contributed by atoms with Crippen LogP contribution in [0.2, 0.25) is 0 Å². The van der Waals surface area contributed by atoms with E-state index >= 15 is 0 Å². The van der Waals surface area contributed by atoms with Crippen molar-refractivity contribution in [1.82, 2.24) is 0 Å². The Morgan fingerprint density at radius 2 is 2.20 bits per heavy atom. The van der Waals surface area contributed by atoms with Gasteiger partial charge in [-0.15, -0.1) is 0 Å². The molecule has 0 amide bonds. The van der Waals surface area contributed by atoms with E-state index in [-0.39, 0.29) is 23.0 Å². The van der Waals surface area contributed by atoms with Crippen molar-refractivity contribution in [2.75, 3.05) is 0 Å². The highest BCUT2D eigenvalue weighted by atomic mass is 16.1. The van der Waals surface area contributed by atoms with Gasteiger partial charge in [-0.05, 0) is 31.1 Å². The van der Waals surface area contributed by atoms with Crippen LogP contribution >= 0.6 is 0 Å². The molecule has 1 fully saturated rings. The van der Waals surface area contributed by atoms with Gasteiger partial charge in [0, 0.05) is 12.3 Å². The van der Waals surface area contributed by atoms with Crippen LogP contribution in [-0.4, -0.2) is 12.1 Å². The summed E-state index contributed by atoms with van der Waals surface area (Å²) in [4.78, 5) is 22.1. The Morgan fingerprint density at radius 3 is 2.67 bits per heavy atom. The summed E-state index contributed by atoms with van der Waals surface area (Å²) in [6, 6.07) is 0. The second-order valence-corrected chi connectivity index (χ2v) is 5.22. The van der Waals surface area contributed by atoms with Gasteiger partial charge in [0.15, 0.2) is 0 Å². The summed E-state index contributed by atoms with van der Waals surface area (Å²) in [5.41, 5.74) is 1.06. The fourth-order valence-corrected chi connectivity index (χ4v) is 2.65. The Morgan fingerprint density at radius 1 is 1.60 bits per heavy atom. The van der Waals surface area contributed by atoms with E-state index in [1.165, 1.54) is 0 Å². The van der Waals surface area contributed by atoms with Crippen LogP contribution in [0.15, 0.2) is 12.2 Å². The largest absolute Gasteiger partial charge is 0.303 e. The van der Waals surface area contributed by atoms with Crippen molar-refractivity contribution in [1.29, 1.82) is 0 Å². The van der Waals surface area contributed by atoms with Gasteiger partial charge in [0.2, 0.25) is 0 Å². The van der Waals surface area contributed by atoms with Gasteiger partial charge >= 0.3 is 0 Å². The van der Waals surface area contributed by atoms with Gasteiger partial charge in [0.25, 0.3) is 0 Å². The number of allylic oxidation sites excluding steroid dienone is 1. The summed E-state index contributed by atoms with van der Waals surface area (Å²) in [6.07, 6.45) is 3.32. The van der Waals surface area contributed by atoms with Crippen LogP contribution in [0.1, 0.15) is 40.0 Å². The van der Waals surface area contributed by atoms with E-state index in [2.05, 4.69) is 20.4 Å². The van der Waals surface area contributed by atoms with E-state index in [1.54, 1.807) is 6.92 Å². The molecule has 0 aliphatic heterocycles. The number of rotatable bonds is 3. The number of hydrogen-bond donors (Lipinski definition) is 0. The SMILES string of the molecule is C=C1C(C(C)=O)CCC(C)(C)C1CC=O. The third-order valence-corrected chi connectivity index (χ3v) is 3.74. The van der Waals surface area contributed by atoms with Crippen LogP contribution in [0.25, 0.3) is 0 Å². The summed E-state index contributed by atoms with van der Waals surface area (Å²) < 4.78 is 0. The van der Waals surface area contributed by atoms with Crippen molar-refractivity contribution in [3.8, 4) is 0 Å². The van der Waals surface area contributed by atoms with E-state index in [9.17, 15) is 9.59 Å². The van der Waals surface area contributed by atoms with E-state index < -0.39 is 0 Å². The molecule has 0 aromatic rings. The van der Waals surface area contributed by atoms with Crippen molar-refractivity contribution in [2.45, 2.75) is 40.0 Å². The molecule has 84 valence electrons. The minimum atomic E-state index is -0.0250. The van der Waals surface area contributed by atoms with Crippen LogP contribution in [0.5, 0.6) is 0 Å². The zero-order valence-electron chi connectivity index (χ0n) is 9.88. The predicted molar refractivity (Wildman–Crippen MR) is 60.5 cm³/mol. The third kappa shape index (κ3) is 2.36. The molecule has 1 aliphatic carbocycles. The van der Waals surface area contributed by atoms with Crippen molar-refractivity contribution in [2.24, 2.45) is 17.3 Å². The van der Waals surface area contributed by atoms with E-state index in [0.29, 0.717) is 6.42 Å². The van der Waals surface area contributed by atoms with Crippen LogP contribution in [0.3, 0.4) is 0 Å². The molecule has 0 heterocycles. The molecule has 1 rings (SSSR count). The summed E-state index contributed by atoms with van der Waals surface area (Å²) in [5, 5.41) is 0. The standard InChI is InChI=1S/C13H20O2/c1-9-11(10(2)15)5-7-13(3,4)12(9)6-8-14/h8,11-12H,1,5-7H2,2-4H3. The first kappa shape index (κ1) is 12.2. The highest BCUT2D eigenvalue weighted by Crippen LogP contribution is 2.47. The number of ketones is 1. The zero-order valence-corrected chi connectivity index (χ0v) is 9.88. The minimum absolute atomic E-state index is 0.0250. The first-order chi connectivity index (χ1) is 6.90. The van der Waals surface area contributed by atoms with E-state index in [0.717, 1.165) is 24.7 Å². The van der Waals surface area contributed by atoms with Crippen LogP contribution in [0, 0.1) is 17.3 Å². The second-order valence-electron chi connectivity index (χ2n) is 5.22. The van der Waals surface area contributed by atoms with Crippen LogP contribution < -0.4 is 0 Å². The molecule has 0 spiro atoms. The Hall–Kier alpha value is -0.920. The lowest BCUT2D eigenvalue weighted by Gasteiger charge is -2.42. The summed E-state index contributed by atoms with van der Waals surface area (Å²) >= 11 is 0. The number of carbonyl (C=O) groups is 2. The molecule has 1 aliphatic rings. The maximum Gasteiger partial charge on any atom is 0.136 e. The lowest BCUT2D eigenvalue weighted by atomic mass is 9.61. The number of carbonyl (C=O) groups excluding carboxylic acids is 2. The Labute approximate surface area is 91.7 Å². The molecule has 0 N–H and O–H groups in total. The molecule has 0 radical (unpaired) electrons. The molecular weight excluding hydrogens is 188 g/mol. The van der Waals surface area contributed by atoms with Gasteiger partial charge in [-0.2, -0.15) is 0 Å². The Balaban J connectivity index is 2.90. The average Bonchev–Trinajstić information content (AvgIpc) is 2.11. The third-order valence-electron chi connectivity index (χ3n) is 3.74. The Bertz CT molecular complexity index is 289. The number of hydrogen-bond acceptors (Lipinski definition) is 2. The van der Waals surface area contributed by atoms with E-state index in [1.807, 2.05) is 0 Å². The molecular formula is C13H20O2. The van der Waals surface area contributed by atoms with Gasteiger partial charge in [0.05, 0.1) is 0 Å². The molecule has 0 bridgehead atoms. The lowest BCUT2D eigenvalue weighted by molar-refractivity contribution is -0.121. The van der Waals surface area contributed by atoms with Crippen LogP contribution in [-0.2, 0) is 9.59 Å². The zero-order chi connectivity index (χ0) is 11.6. The van der Waals surface area contributed by atoms with Gasteiger partial charge in [-0.3, -0.25) is 4.79 Å². The molecule has 0 aromatic carbocycles. The fraction of sp³-hybridized carbons (Fsp3) is 0.692. The van der Waals surface area contributed by atoms with Crippen molar-refractivity contribution in [3.05, 3.63) is 12.2 Å². The highest BCUT2D eigenvalue weighted by molar-refractivity contribution is 5.81. The first-order valence-electron chi connectivity index (χ1n) is 5.53. The molecule has 2 atom stereocenters. The van der Waals surface area contributed by atoms with E-state index in [4.69, 9.17) is 0 Å². The highest BCUT2D eigenvalue weighted by Gasteiger charge is 2.40. The molecule has 2 heteroatoms. The maximum atomic E-state index is 11.4. The monoisotopic (exact) mass is 208 g/mol. The van der Waals surface area contributed by atoms with Gasteiger partial charge in [0.1, 0.15) is 12.1 Å². The summed E-state index contributed by atoms with van der Waals surface area (Å²) in [7, 11) is 0. The number of Topliss-reactive ketones (excluding diaryl/α,β-unsaturated/α-hetero) is 1. The predicted octanol–water partition coefficient (Wildman–Crippen LogP) is 2.77. The summed E-state index contributed by atoms with van der Waals surface area (Å²) in [5.74, 6) is 0.326. The average molecular weight is 208 g/mol. The fourth-order valence-electron chi connectivity index (χ4n) is 2.65. The van der Waals surface area contributed by atoms with Crippen LogP contribution in [0.4, 0.5) is 0 Å². The molecule has 0 saturated heterocycles. The van der Waals surface area contributed by atoms with Gasteiger partial charge in [-0.1, -0.05) is 26.0 Å². The molecule has 0 aromatic heterocycles. The van der Waals surface area contributed by atoms with Gasteiger partial charge in [-0.25, -0.2) is 0 Å². The topological polar surface area (TPSA) is 34.1 Å².